The summed E-state index contributed by atoms with van der Waals surface area (Å²) in [4.78, 5) is 28.0. The van der Waals surface area contributed by atoms with E-state index in [9.17, 15) is 9.59 Å². The van der Waals surface area contributed by atoms with E-state index in [-0.39, 0.29) is 18.2 Å². The average Bonchev–Trinajstić information content (AvgIpc) is 3.31. The molecule has 0 radical (unpaired) electrons. The number of fused-ring (bicyclic) bond motifs is 2. The van der Waals surface area contributed by atoms with Crippen LogP contribution in [0.1, 0.15) is 46.8 Å². The molecule has 0 bridgehead atoms. The van der Waals surface area contributed by atoms with Crippen LogP contribution in [0.5, 0.6) is 0 Å². The lowest BCUT2D eigenvalue weighted by atomic mass is 10.0. The van der Waals surface area contributed by atoms with Crippen LogP contribution < -0.4 is 0 Å². The molecule has 0 amide bonds. The van der Waals surface area contributed by atoms with Crippen LogP contribution in [0.3, 0.4) is 0 Å². The highest BCUT2D eigenvalue weighted by Crippen LogP contribution is 2.24. The van der Waals surface area contributed by atoms with Gasteiger partial charge in [0.2, 0.25) is 5.78 Å². The van der Waals surface area contributed by atoms with Crippen LogP contribution in [0, 0.1) is 0 Å². The third kappa shape index (κ3) is 3.65. The minimum atomic E-state index is -0.764. The van der Waals surface area contributed by atoms with Gasteiger partial charge in [-0.1, -0.05) is 30.3 Å². The van der Waals surface area contributed by atoms with Crippen molar-refractivity contribution in [1.82, 2.24) is 4.98 Å². The van der Waals surface area contributed by atoms with Gasteiger partial charge >= 0.3 is 5.97 Å². The van der Waals surface area contributed by atoms with Gasteiger partial charge < -0.3 is 9.72 Å². The maximum absolute atomic E-state index is 12.6. The van der Waals surface area contributed by atoms with Gasteiger partial charge in [0.05, 0.1) is 0 Å². The van der Waals surface area contributed by atoms with E-state index in [0.717, 1.165) is 35.7 Å². The predicted molar refractivity (Wildman–Crippen MR) is 105 cm³/mol. The molecule has 0 fully saturated rings. The summed E-state index contributed by atoms with van der Waals surface area (Å²) in [7, 11) is 0. The Morgan fingerprint density at radius 1 is 1.11 bits per heavy atom. The second kappa shape index (κ2) is 7.39. The van der Waals surface area contributed by atoms with Gasteiger partial charge in [0.25, 0.3) is 0 Å². The fourth-order valence-electron chi connectivity index (χ4n) is 3.84. The summed E-state index contributed by atoms with van der Waals surface area (Å²) >= 11 is 0. The number of para-hydroxylation sites is 1. The second-order valence-electron chi connectivity index (χ2n) is 7.19. The van der Waals surface area contributed by atoms with E-state index in [1.165, 1.54) is 11.1 Å². The fraction of sp³-hybridized carbons (Fsp3) is 0.304. The normalized spacial score (nSPS) is 14.1. The molecule has 0 saturated heterocycles. The number of Topliss-reactive ketones (excluding diaryl/α,β-unsaturated/α-hetero) is 1. The molecule has 1 heterocycles. The van der Waals surface area contributed by atoms with Crippen molar-refractivity contribution in [3.05, 3.63) is 70.9 Å². The molecule has 4 nitrogen and oxygen atoms in total. The van der Waals surface area contributed by atoms with Crippen molar-refractivity contribution >= 4 is 22.7 Å². The molecule has 1 aliphatic carbocycles. The van der Waals surface area contributed by atoms with Crippen molar-refractivity contribution in [3.63, 3.8) is 0 Å². The Labute approximate surface area is 158 Å². The standard InChI is InChI=1S/C23H23NO3/c1-15(23(26)18-10-9-16-5-4-6-17(16)13-18)27-22(25)12-11-19-14-24-21-8-3-2-7-20(19)21/h2-3,7-10,13-15,24H,4-6,11-12H2,1H3/t15-/m1/s1. The van der Waals surface area contributed by atoms with Crippen molar-refractivity contribution in [2.45, 2.75) is 45.1 Å². The van der Waals surface area contributed by atoms with Crippen LogP contribution in [-0.4, -0.2) is 22.8 Å². The number of rotatable bonds is 6. The van der Waals surface area contributed by atoms with Crippen molar-refractivity contribution in [1.29, 1.82) is 0 Å². The van der Waals surface area contributed by atoms with Gasteiger partial charge in [-0.2, -0.15) is 0 Å². The molecular formula is C23H23NO3. The zero-order chi connectivity index (χ0) is 18.8. The minimum Gasteiger partial charge on any atom is -0.454 e. The number of carbonyl (C=O) groups excluding carboxylic acids is 2. The van der Waals surface area contributed by atoms with E-state index in [0.29, 0.717) is 12.0 Å². The van der Waals surface area contributed by atoms with Gasteiger partial charge in [0.1, 0.15) is 0 Å². The largest absolute Gasteiger partial charge is 0.454 e. The summed E-state index contributed by atoms with van der Waals surface area (Å²) < 4.78 is 5.40. The van der Waals surface area contributed by atoms with E-state index in [1.54, 1.807) is 6.92 Å². The topological polar surface area (TPSA) is 59.2 Å². The first kappa shape index (κ1) is 17.5. The zero-order valence-electron chi connectivity index (χ0n) is 15.5. The molecule has 1 atom stereocenters. The smallest absolute Gasteiger partial charge is 0.306 e. The molecule has 27 heavy (non-hydrogen) atoms. The lowest BCUT2D eigenvalue weighted by Gasteiger charge is -2.13. The number of hydrogen-bond acceptors (Lipinski definition) is 3. The van der Waals surface area contributed by atoms with Crippen molar-refractivity contribution in [2.75, 3.05) is 0 Å². The Kier molecular flexibility index (Phi) is 4.80. The molecule has 2 aromatic carbocycles. The van der Waals surface area contributed by atoms with Crippen molar-refractivity contribution in [2.24, 2.45) is 0 Å². The molecule has 3 aromatic rings. The maximum atomic E-state index is 12.6. The van der Waals surface area contributed by atoms with E-state index in [1.807, 2.05) is 48.7 Å². The number of carbonyl (C=O) groups is 2. The Hall–Kier alpha value is -2.88. The monoisotopic (exact) mass is 361 g/mol. The Morgan fingerprint density at radius 3 is 2.81 bits per heavy atom. The van der Waals surface area contributed by atoms with Gasteiger partial charge in [-0.05, 0) is 61.4 Å². The predicted octanol–water partition coefficient (Wildman–Crippen LogP) is 4.40. The number of nitrogens with one attached hydrogen (secondary N) is 1. The highest BCUT2D eigenvalue weighted by molar-refractivity contribution is 6.00. The van der Waals surface area contributed by atoms with Gasteiger partial charge in [0.15, 0.2) is 6.10 Å². The lowest BCUT2D eigenvalue weighted by Crippen LogP contribution is -2.24. The van der Waals surface area contributed by atoms with E-state index >= 15 is 0 Å². The summed E-state index contributed by atoms with van der Waals surface area (Å²) in [6, 6.07) is 13.8. The average molecular weight is 361 g/mol. The van der Waals surface area contributed by atoms with Crippen molar-refractivity contribution in [3.8, 4) is 0 Å². The summed E-state index contributed by atoms with van der Waals surface area (Å²) in [5, 5.41) is 1.12. The summed E-state index contributed by atoms with van der Waals surface area (Å²) in [6.45, 7) is 1.65. The summed E-state index contributed by atoms with van der Waals surface area (Å²) in [5.41, 5.74) is 5.35. The number of ketones is 1. The second-order valence-corrected chi connectivity index (χ2v) is 7.19. The number of aromatic amines is 1. The molecule has 138 valence electrons. The van der Waals surface area contributed by atoms with Gasteiger partial charge in [-0.25, -0.2) is 0 Å². The SMILES string of the molecule is C[C@@H](OC(=O)CCc1c[nH]c2ccccc12)C(=O)c1ccc2c(c1)CCC2. The fourth-order valence-corrected chi connectivity index (χ4v) is 3.84. The molecule has 0 unspecified atom stereocenters. The first-order valence-corrected chi connectivity index (χ1v) is 9.52. The Balaban J connectivity index is 1.35. The maximum Gasteiger partial charge on any atom is 0.306 e. The van der Waals surface area contributed by atoms with Crippen LogP contribution in [0.25, 0.3) is 10.9 Å². The first-order valence-electron chi connectivity index (χ1n) is 9.52. The number of ether oxygens (including phenoxy) is 1. The van der Waals surface area contributed by atoms with E-state index in [2.05, 4.69) is 4.98 Å². The molecule has 4 rings (SSSR count). The highest BCUT2D eigenvalue weighted by Gasteiger charge is 2.21. The van der Waals surface area contributed by atoms with Crippen LogP contribution in [0.2, 0.25) is 0 Å². The number of benzene rings is 2. The zero-order valence-corrected chi connectivity index (χ0v) is 15.5. The van der Waals surface area contributed by atoms with Crippen molar-refractivity contribution < 1.29 is 14.3 Å². The number of aromatic nitrogens is 1. The quantitative estimate of drug-likeness (QED) is 0.523. The molecule has 0 aliphatic heterocycles. The van der Waals surface area contributed by atoms with Crippen LogP contribution in [0.15, 0.2) is 48.7 Å². The number of hydrogen-bond donors (Lipinski definition) is 1. The van der Waals surface area contributed by atoms with Crippen LogP contribution in [0.4, 0.5) is 0 Å². The Bertz CT molecular complexity index is 1000. The lowest BCUT2D eigenvalue weighted by molar-refractivity contribution is -0.146. The summed E-state index contributed by atoms with van der Waals surface area (Å²) in [6.07, 6.45) is 5.26. The highest BCUT2D eigenvalue weighted by atomic mass is 16.5. The molecule has 0 saturated carbocycles. The number of H-pyrrole nitrogens is 1. The van der Waals surface area contributed by atoms with E-state index in [4.69, 9.17) is 4.74 Å². The third-order valence-electron chi connectivity index (χ3n) is 5.33. The third-order valence-corrected chi connectivity index (χ3v) is 5.33. The number of esters is 1. The molecule has 1 aliphatic rings. The van der Waals surface area contributed by atoms with Gasteiger partial charge in [-0.15, -0.1) is 0 Å². The van der Waals surface area contributed by atoms with E-state index < -0.39 is 6.10 Å². The van der Waals surface area contributed by atoms with Gasteiger partial charge in [0, 0.05) is 29.1 Å². The summed E-state index contributed by atoms with van der Waals surface area (Å²) in [5.74, 6) is -0.479. The van der Waals surface area contributed by atoms with Crippen LogP contribution in [-0.2, 0) is 28.8 Å². The molecule has 4 heteroatoms. The molecular weight excluding hydrogens is 338 g/mol. The minimum absolute atomic E-state index is 0.134. The molecule has 1 N–H and O–H groups in total. The number of aryl methyl sites for hydroxylation is 3. The first-order chi connectivity index (χ1) is 13.1. The van der Waals surface area contributed by atoms with Crippen LogP contribution >= 0.6 is 0 Å². The van der Waals surface area contributed by atoms with Gasteiger partial charge in [-0.3, -0.25) is 9.59 Å². The molecule has 0 spiro atoms. The molecule has 1 aromatic heterocycles. The Morgan fingerprint density at radius 2 is 1.93 bits per heavy atom.